The van der Waals surface area contributed by atoms with E-state index < -0.39 is 0 Å². The molecule has 0 aromatic heterocycles. The van der Waals surface area contributed by atoms with Crippen LogP contribution < -0.4 is 0 Å². The predicted molar refractivity (Wildman–Crippen MR) is 18.1 cm³/mol. The van der Waals surface area contributed by atoms with Crippen molar-refractivity contribution >= 4 is 12.2 Å². The first-order valence-corrected chi connectivity index (χ1v) is 0.855. The smallest absolute Gasteiger partial charge is 0.724 e. The normalized spacial score (nSPS) is 2.29. The van der Waals surface area contributed by atoms with Gasteiger partial charge in [-0.1, -0.05) is 0 Å². The first-order valence-electron chi connectivity index (χ1n) is 0.855. The Morgan fingerprint density at radius 3 is 1.00 bits per heavy atom. The summed E-state index contributed by atoms with van der Waals surface area (Å²) >= 11 is 0. The fourth-order valence-electron chi connectivity index (χ4n) is 0. The summed E-state index contributed by atoms with van der Waals surface area (Å²) in [5.41, 5.74) is 0. The first kappa shape index (κ1) is 15.9. The molecule has 0 N–H and O–H groups in total. The molecule has 0 aromatic rings. The third kappa shape index (κ3) is 836. The Labute approximate surface area is 60.4 Å². The van der Waals surface area contributed by atoms with Gasteiger partial charge in [-0.25, -0.2) is 0 Å². The average molecular weight is 285 g/mol. The van der Waals surface area contributed by atoms with Gasteiger partial charge in [0.2, 0.25) is 0 Å². The predicted octanol–water partition coefficient (Wildman–Crippen LogP) is -0.219. The van der Waals surface area contributed by atoms with Crippen LogP contribution >= 0.6 is 0 Å². The van der Waals surface area contributed by atoms with E-state index in [4.69, 9.17) is 20.4 Å². The van der Waals surface area contributed by atoms with E-state index in [0.717, 1.165) is 0 Å². The van der Waals surface area contributed by atoms with E-state index in [0.29, 0.717) is 12.2 Å². The molecule has 0 aliphatic carbocycles. The summed E-state index contributed by atoms with van der Waals surface area (Å²) in [5, 5.41) is 13.5. The minimum atomic E-state index is 0. The Hall–Kier alpha value is -0.305. The van der Waals surface area contributed by atoms with E-state index in [2.05, 4.69) is 0 Å². The molecule has 4 nitrogen and oxygen atoms in total. The Bertz CT molecular complexity index is 67.7. The van der Waals surface area contributed by atoms with Gasteiger partial charge in [0.1, 0.15) is 0 Å². The molecule has 0 atom stereocenters. The van der Waals surface area contributed by atoms with Crippen LogP contribution in [0.3, 0.4) is 0 Å². The molecule has 0 saturated carbocycles. The van der Waals surface area contributed by atoms with Crippen LogP contribution in [-0.4, -0.2) is 12.2 Å². The fraction of sp³-hybridized carbons (Fsp3) is 0. The Morgan fingerprint density at radius 1 is 1.00 bits per heavy atom. The average Bonchev–Trinajstić information content (AvgIpc) is 1.39. The van der Waals surface area contributed by atoms with Gasteiger partial charge in [-0.2, -0.15) is 0 Å². The quantitative estimate of drug-likeness (QED) is 0.350. The molecule has 0 fully saturated rings. The molecule has 32 valence electrons. The van der Waals surface area contributed by atoms with E-state index in [1.807, 2.05) is 0 Å². The minimum absolute atomic E-state index is 0. The molecule has 0 aromatic carbocycles. The Balaban J connectivity index is -0.0000000400. The van der Waals surface area contributed by atoms with E-state index in [1.54, 1.807) is 0 Å². The number of carbonyl (C=O) groups excluding carboxylic acids is 2. The number of hydrogen-bond acceptors (Lipinski definition) is 2. The Kier molecular flexibility index (Phi) is 99.3. The molecule has 0 saturated heterocycles. The molecule has 0 radical (unpaired) electrons. The van der Waals surface area contributed by atoms with Gasteiger partial charge in [0.05, 0.1) is 0 Å². The maximum Gasteiger partial charge on any atom is 2.00 e. The minimum Gasteiger partial charge on any atom is -0.724 e. The van der Waals surface area contributed by atoms with Crippen LogP contribution in [0.1, 0.15) is 0 Å². The monoisotopic (exact) mass is 286 g/mol. The standard InChI is InChI=1S/2CNO.Hg/c2*2-1-3;/q2*-1;+2. The number of hydrogen-bond donors (Lipinski definition) is 0. The maximum atomic E-state index is 8.24. The molecule has 0 aliphatic heterocycles. The van der Waals surface area contributed by atoms with Crippen molar-refractivity contribution in [2.45, 2.75) is 0 Å². The molecule has 0 heterocycles. The third-order valence-corrected chi connectivity index (χ3v) is 0. The summed E-state index contributed by atoms with van der Waals surface area (Å²) in [6, 6.07) is 0. The van der Waals surface area contributed by atoms with Crippen LogP contribution in [0.4, 0.5) is 0 Å². The number of isocyanates is 2. The fourth-order valence-corrected chi connectivity index (χ4v) is 0. The van der Waals surface area contributed by atoms with Gasteiger partial charge in [0.15, 0.2) is 0 Å². The molecule has 0 amide bonds. The maximum absolute atomic E-state index is 8.24. The summed E-state index contributed by atoms with van der Waals surface area (Å²) in [7, 11) is 0. The molecule has 0 rings (SSSR count). The van der Waals surface area contributed by atoms with Crippen molar-refractivity contribution < 1.29 is 37.3 Å². The van der Waals surface area contributed by atoms with E-state index in [-0.39, 0.29) is 27.7 Å². The number of rotatable bonds is 0. The zero-order valence-electron chi connectivity index (χ0n) is 3.42. The van der Waals surface area contributed by atoms with Gasteiger partial charge in [-0.3, -0.25) is 9.59 Å². The van der Waals surface area contributed by atoms with Crippen LogP contribution in [0.15, 0.2) is 0 Å². The molecule has 0 aliphatic rings. The van der Waals surface area contributed by atoms with Gasteiger partial charge in [-0.15, -0.1) is 0 Å². The summed E-state index contributed by atoms with van der Waals surface area (Å²) in [5.74, 6) is 0. The molecule has 0 unspecified atom stereocenters. The van der Waals surface area contributed by atoms with Gasteiger partial charge in [0.25, 0.3) is 0 Å². The number of nitrogens with zero attached hydrogens (tertiary/aromatic N) is 2. The van der Waals surface area contributed by atoms with Crippen molar-refractivity contribution in [1.82, 2.24) is 0 Å². The molecule has 0 bridgehead atoms. The second kappa shape index (κ2) is 43.7. The Morgan fingerprint density at radius 2 is 1.00 bits per heavy atom. The second-order valence-electron chi connectivity index (χ2n) is 0.183. The summed E-state index contributed by atoms with van der Waals surface area (Å²) < 4.78 is 0. The zero-order valence-corrected chi connectivity index (χ0v) is 8.92. The SMILES string of the molecule is [Hg+2].[N-]=C=O.[N-]=C=O. The molecule has 5 heteroatoms. The van der Waals surface area contributed by atoms with Gasteiger partial charge in [-0.05, 0) is 12.2 Å². The van der Waals surface area contributed by atoms with Crippen molar-refractivity contribution in [1.29, 1.82) is 0 Å². The summed E-state index contributed by atoms with van der Waals surface area (Å²) in [6.07, 6.45) is 1.00. The third-order valence-electron chi connectivity index (χ3n) is 0. The largest absolute Gasteiger partial charge is 2.00 e. The summed E-state index contributed by atoms with van der Waals surface area (Å²) in [4.78, 5) is 16.5. The summed E-state index contributed by atoms with van der Waals surface area (Å²) in [6.45, 7) is 0. The second-order valence-corrected chi connectivity index (χ2v) is 0.183. The van der Waals surface area contributed by atoms with E-state index >= 15 is 0 Å². The van der Waals surface area contributed by atoms with Crippen molar-refractivity contribution in [2.75, 3.05) is 0 Å². The topological polar surface area (TPSA) is 78.7 Å². The van der Waals surface area contributed by atoms with Gasteiger partial charge < -0.3 is 10.8 Å². The molecular formula is C2HgN2O2. The van der Waals surface area contributed by atoms with Crippen LogP contribution in [0.25, 0.3) is 10.8 Å². The molecular weight excluding hydrogens is 285 g/mol. The van der Waals surface area contributed by atoms with E-state index in [9.17, 15) is 0 Å². The zero-order chi connectivity index (χ0) is 5.41. The van der Waals surface area contributed by atoms with Gasteiger partial charge in [0, 0.05) is 0 Å². The van der Waals surface area contributed by atoms with Crippen molar-refractivity contribution in [3.8, 4) is 0 Å². The van der Waals surface area contributed by atoms with Crippen molar-refractivity contribution in [3.05, 3.63) is 10.8 Å². The van der Waals surface area contributed by atoms with E-state index in [1.165, 1.54) is 0 Å². The van der Waals surface area contributed by atoms with Crippen LogP contribution in [0.2, 0.25) is 0 Å². The molecule has 7 heavy (non-hydrogen) atoms. The van der Waals surface area contributed by atoms with Crippen LogP contribution in [-0.2, 0) is 37.3 Å². The van der Waals surface area contributed by atoms with Crippen LogP contribution in [0.5, 0.6) is 0 Å². The molecule has 0 spiro atoms. The van der Waals surface area contributed by atoms with Crippen molar-refractivity contribution in [2.24, 2.45) is 0 Å². The van der Waals surface area contributed by atoms with Gasteiger partial charge >= 0.3 is 27.7 Å². The van der Waals surface area contributed by atoms with Crippen LogP contribution in [0, 0.1) is 0 Å². The van der Waals surface area contributed by atoms with Crippen molar-refractivity contribution in [3.63, 3.8) is 0 Å². The first-order chi connectivity index (χ1) is 2.83.